The van der Waals surface area contributed by atoms with Crippen LogP contribution in [0.4, 0.5) is 13.2 Å². The van der Waals surface area contributed by atoms with Crippen LogP contribution in [0.25, 0.3) is 0 Å². The van der Waals surface area contributed by atoms with Gasteiger partial charge in [-0.3, -0.25) is 4.79 Å². The maximum absolute atomic E-state index is 12.4. The quantitative estimate of drug-likeness (QED) is 0.639. The van der Waals surface area contributed by atoms with Gasteiger partial charge in [0.1, 0.15) is 0 Å². The van der Waals surface area contributed by atoms with Gasteiger partial charge in [-0.1, -0.05) is 19.1 Å². The van der Waals surface area contributed by atoms with Crippen molar-refractivity contribution in [2.75, 3.05) is 0 Å². The third-order valence-corrected chi connectivity index (χ3v) is 2.76. The molecule has 5 heteroatoms. The molecule has 1 atom stereocenters. The van der Waals surface area contributed by atoms with Gasteiger partial charge in [-0.2, -0.15) is 25.8 Å². The summed E-state index contributed by atoms with van der Waals surface area (Å²) in [6, 6.07) is 4.40. The minimum absolute atomic E-state index is 0.0525. The molecule has 0 radical (unpaired) electrons. The zero-order valence-electron chi connectivity index (χ0n) is 8.58. The largest absolute Gasteiger partial charge is 0.416 e. The lowest BCUT2D eigenvalue weighted by Crippen LogP contribution is -2.15. The molecule has 16 heavy (non-hydrogen) atoms. The van der Waals surface area contributed by atoms with Gasteiger partial charge in [-0.25, -0.2) is 0 Å². The Balaban J connectivity index is 3.04. The smallest absolute Gasteiger partial charge is 0.293 e. The normalized spacial score (nSPS) is 13.6. The summed E-state index contributed by atoms with van der Waals surface area (Å²) in [4.78, 5) is 11.6. The third-order valence-electron chi connectivity index (χ3n) is 2.16. The summed E-state index contributed by atoms with van der Waals surface area (Å²) in [5.41, 5.74) is -0.758. The highest BCUT2D eigenvalue weighted by molar-refractivity contribution is 7.81. The van der Waals surface area contributed by atoms with Gasteiger partial charge in [0.25, 0.3) is 0 Å². The molecule has 0 bridgehead atoms. The maximum atomic E-state index is 12.4. The third kappa shape index (κ3) is 3.01. The van der Waals surface area contributed by atoms with Gasteiger partial charge in [0, 0.05) is 5.56 Å². The van der Waals surface area contributed by atoms with Crippen LogP contribution in [-0.2, 0) is 6.18 Å². The van der Waals surface area contributed by atoms with Crippen LogP contribution < -0.4 is 0 Å². The summed E-state index contributed by atoms with van der Waals surface area (Å²) >= 11 is 4.01. The number of alkyl halides is 3. The van der Waals surface area contributed by atoms with Crippen LogP contribution in [0.15, 0.2) is 24.3 Å². The van der Waals surface area contributed by atoms with E-state index in [1.165, 1.54) is 12.1 Å². The van der Waals surface area contributed by atoms with Crippen LogP contribution in [0.3, 0.4) is 0 Å². The molecule has 88 valence electrons. The first-order chi connectivity index (χ1) is 7.36. The molecule has 0 aliphatic rings. The maximum Gasteiger partial charge on any atom is 0.416 e. The summed E-state index contributed by atoms with van der Waals surface area (Å²) in [6.07, 6.45) is -3.94. The number of carbonyl (C=O) groups is 1. The molecule has 0 aromatic heterocycles. The van der Waals surface area contributed by atoms with E-state index in [1.54, 1.807) is 6.92 Å². The Labute approximate surface area is 97.1 Å². The van der Waals surface area contributed by atoms with Crippen LogP contribution in [0, 0.1) is 0 Å². The van der Waals surface area contributed by atoms with E-state index in [1.807, 2.05) is 0 Å². The predicted octanol–water partition coefficient (Wildman–Crippen LogP) is 3.60. The average Bonchev–Trinajstić information content (AvgIpc) is 2.26. The van der Waals surface area contributed by atoms with Crippen molar-refractivity contribution >= 4 is 18.4 Å². The fraction of sp³-hybridized carbons (Fsp3) is 0.364. The molecule has 0 unspecified atom stereocenters. The lowest BCUT2D eigenvalue weighted by molar-refractivity contribution is -0.137. The van der Waals surface area contributed by atoms with Crippen molar-refractivity contribution in [2.45, 2.75) is 24.8 Å². The standard InChI is InChI=1S/C11H11F3OS/c1-2-9(16)10(15)7-4-3-5-8(6-7)11(12,13)14/h3-6,9,16H,2H2,1H3/t9-/m1/s1. The molecule has 1 rings (SSSR count). The highest BCUT2D eigenvalue weighted by atomic mass is 32.1. The minimum atomic E-state index is -4.42. The molecule has 0 aliphatic heterocycles. The second-order valence-electron chi connectivity index (χ2n) is 3.37. The number of Topliss-reactive ketones (excluding diaryl/α,β-unsaturated/α-hetero) is 1. The predicted molar refractivity (Wildman–Crippen MR) is 58.8 cm³/mol. The van der Waals surface area contributed by atoms with E-state index in [-0.39, 0.29) is 11.3 Å². The Hall–Kier alpha value is -0.970. The fourth-order valence-corrected chi connectivity index (χ4v) is 1.38. The minimum Gasteiger partial charge on any atom is -0.293 e. The first-order valence-corrected chi connectivity index (χ1v) is 5.27. The van der Waals surface area contributed by atoms with E-state index in [2.05, 4.69) is 12.6 Å². The van der Waals surface area contributed by atoms with Crippen molar-refractivity contribution in [3.8, 4) is 0 Å². The van der Waals surface area contributed by atoms with Crippen molar-refractivity contribution in [3.05, 3.63) is 35.4 Å². The van der Waals surface area contributed by atoms with Crippen LogP contribution in [0.5, 0.6) is 0 Å². The van der Waals surface area contributed by atoms with E-state index in [4.69, 9.17) is 0 Å². The number of halogens is 3. The molecular weight excluding hydrogens is 237 g/mol. The highest BCUT2D eigenvalue weighted by Crippen LogP contribution is 2.30. The molecule has 0 saturated carbocycles. The SMILES string of the molecule is CC[C@@H](S)C(=O)c1cccc(C(F)(F)F)c1. The summed E-state index contributed by atoms with van der Waals surface area (Å²) in [5, 5.41) is -0.552. The van der Waals surface area contributed by atoms with Gasteiger partial charge in [0.05, 0.1) is 10.8 Å². The van der Waals surface area contributed by atoms with Crippen LogP contribution in [-0.4, -0.2) is 11.0 Å². The van der Waals surface area contributed by atoms with Gasteiger partial charge in [-0.05, 0) is 18.6 Å². The Morgan fingerprint density at radius 3 is 2.56 bits per heavy atom. The molecule has 1 nitrogen and oxygen atoms in total. The summed E-state index contributed by atoms with van der Waals surface area (Å²) in [6.45, 7) is 1.75. The second-order valence-corrected chi connectivity index (χ2v) is 3.99. The molecule has 0 saturated heterocycles. The Bertz CT molecular complexity index is 387. The molecule has 1 aromatic rings. The van der Waals surface area contributed by atoms with E-state index < -0.39 is 17.0 Å². The van der Waals surface area contributed by atoms with E-state index in [0.29, 0.717) is 6.42 Å². The Morgan fingerprint density at radius 2 is 2.06 bits per heavy atom. The molecular formula is C11H11F3OS. The second kappa shape index (κ2) is 4.91. The first-order valence-electron chi connectivity index (χ1n) is 4.75. The van der Waals surface area contributed by atoms with Gasteiger partial charge < -0.3 is 0 Å². The molecule has 0 N–H and O–H groups in total. The van der Waals surface area contributed by atoms with Crippen molar-refractivity contribution < 1.29 is 18.0 Å². The van der Waals surface area contributed by atoms with Gasteiger partial charge >= 0.3 is 6.18 Å². The molecule has 0 spiro atoms. The van der Waals surface area contributed by atoms with E-state index in [0.717, 1.165) is 12.1 Å². The summed E-state index contributed by atoms with van der Waals surface area (Å²) < 4.78 is 37.2. The van der Waals surface area contributed by atoms with Crippen molar-refractivity contribution in [2.24, 2.45) is 0 Å². The Morgan fingerprint density at radius 1 is 1.44 bits per heavy atom. The number of thiol groups is 1. The van der Waals surface area contributed by atoms with E-state index in [9.17, 15) is 18.0 Å². The monoisotopic (exact) mass is 248 g/mol. The topological polar surface area (TPSA) is 17.1 Å². The number of carbonyl (C=O) groups excluding carboxylic acids is 1. The highest BCUT2D eigenvalue weighted by Gasteiger charge is 2.31. The van der Waals surface area contributed by atoms with Gasteiger partial charge in [-0.15, -0.1) is 0 Å². The molecule has 0 heterocycles. The first kappa shape index (κ1) is 13.1. The van der Waals surface area contributed by atoms with Gasteiger partial charge in [0.15, 0.2) is 5.78 Å². The lowest BCUT2D eigenvalue weighted by Gasteiger charge is -2.10. The number of rotatable bonds is 3. The number of ketones is 1. The molecule has 0 fully saturated rings. The zero-order chi connectivity index (χ0) is 12.3. The molecule has 0 aliphatic carbocycles. The van der Waals surface area contributed by atoms with Gasteiger partial charge in [0.2, 0.25) is 0 Å². The fourth-order valence-electron chi connectivity index (χ4n) is 1.23. The molecule has 1 aromatic carbocycles. The number of benzene rings is 1. The van der Waals surface area contributed by atoms with Crippen molar-refractivity contribution in [3.63, 3.8) is 0 Å². The lowest BCUT2D eigenvalue weighted by atomic mass is 10.0. The zero-order valence-corrected chi connectivity index (χ0v) is 9.48. The van der Waals surface area contributed by atoms with Crippen LogP contribution in [0.2, 0.25) is 0 Å². The average molecular weight is 248 g/mol. The summed E-state index contributed by atoms with van der Waals surface area (Å²) in [7, 11) is 0. The Kier molecular flexibility index (Phi) is 4.02. The van der Waals surface area contributed by atoms with Crippen molar-refractivity contribution in [1.29, 1.82) is 0 Å². The number of hydrogen-bond donors (Lipinski definition) is 1. The van der Waals surface area contributed by atoms with Crippen LogP contribution in [0.1, 0.15) is 29.3 Å². The van der Waals surface area contributed by atoms with Crippen LogP contribution >= 0.6 is 12.6 Å². The molecule has 0 amide bonds. The summed E-state index contributed by atoms with van der Waals surface area (Å²) in [5.74, 6) is -0.378. The number of hydrogen-bond acceptors (Lipinski definition) is 2. The van der Waals surface area contributed by atoms with Crippen molar-refractivity contribution in [1.82, 2.24) is 0 Å². The van der Waals surface area contributed by atoms with E-state index >= 15 is 0 Å².